The van der Waals surface area contributed by atoms with Crippen LogP contribution in [0.5, 0.6) is 0 Å². The van der Waals surface area contributed by atoms with Gasteiger partial charge >= 0.3 is 6.03 Å². The molecule has 3 amide bonds. The second-order valence-corrected chi connectivity index (χ2v) is 5.67. The number of ether oxygens (including phenoxy) is 1. The maximum Gasteiger partial charge on any atom is 0.314 e. The lowest BCUT2D eigenvalue weighted by atomic mass is 9.89. The molecule has 2 N–H and O–H groups in total. The monoisotopic (exact) mass is 305 g/mol. The van der Waals surface area contributed by atoms with Crippen molar-refractivity contribution >= 4 is 11.9 Å². The van der Waals surface area contributed by atoms with Crippen LogP contribution in [-0.4, -0.2) is 70.1 Å². The second kappa shape index (κ2) is 5.88. The summed E-state index contributed by atoms with van der Waals surface area (Å²) < 4.78 is 5.94. The smallest absolute Gasteiger partial charge is 0.314 e. The predicted octanol–water partition coefficient (Wildman–Crippen LogP) is -0.138. The van der Waals surface area contributed by atoms with Crippen LogP contribution in [0.2, 0.25) is 0 Å². The number of carbonyl (C=O) groups is 2. The summed E-state index contributed by atoms with van der Waals surface area (Å²) in [6, 6.07) is -0.404. The van der Waals surface area contributed by atoms with Crippen LogP contribution in [0.15, 0.2) is 18.6 Å². The van der Waals surface area contributed by atoms with E-state index in [2.05, 4.69) is 9.97 Å². The molecule has 0 saturated carbocycles. The molecular formula is C14H19N5O3. The largest absolute Gasteiger partial charge is 0.371 e. The van der Waals surface area contributed by atoms with E-state index in [0.29, 0.717) is 51.3 Å². The average molecular weight is 305 g/mol. The molecule has 2 fully saturated rings. The lowest BCUT2D eigenvalue weighted by Gasteiger charge is -2.46. The number of carbonyl (C=O) groups excluding carboxylic acids is 2. The van der Waals surface area contributed by atoms with Gasteiger partial charge in [0.05, 0.1) is 24.9 Å². The van der Waals surface area contributed by atoms with E-state index in [-0.39, 0.29) is 11.5 Å². The topological polar surface area (TPSA) is 102 Å². The Bertz CT molecular complexity index is 557. The van der Waals surface area contributed by atoms with Gasteiger partial charge in [0.2, 0.25) is 0 Å². The molecule has 8 heteroatoms. The minimum absolute atomic E-state index is 0.131. The first-order valence-corrected chi connectivity index (χ1v) is 7.33. The molecule has 3 heterocycles. The van der Waals surface area contributed by atoms with Crippen molar-refractivity contribution in [1.29, 1.82) is 0 Å². The number of morpholine rings is 1. The molecule has 1 spiro atoms. The maximum atomic E-state index is 12.5. The van der Waals surface area contributed by atoms with Crippen LogP contribution in [0.1, 0.15) is 23.3 Å². The molecule has 0 radical (unpaired) electrons. The first kappa shape index (κ1) is 14.7. The minimum atomic E-state index is -0.404. The Morgan fingerprint density at radius 2 is 1.95 bits per heavy atom. The number of piperidine rings is 1. The number of hydrogen-bond acceptors (Lipinski definition) is 5. The first-order chi connectivity index (χ1) is 10.6. The zero-order valence-electron chi connectivity index (χ0n) is 12.3. The first-order valence-electron chi connectivity index (χ1n) is 7.33. The Morgan fingerprint density at radius 3 is 2.59 bits per heavy atom. The third-order valence-electron chi connectivity index (χ3n) is 4.30. The van der Waals surface area contributed by atoms with Gasteiger partial charge < -0.3 is 20.3 Å². The Hall–Kier alpha value is -2.22. The summed E-state index contributed by atoms with van der Waals surface area (Å²) in [7, 11) is 0. The molecular weight excluding hydrogens is 286 g/mol. The molecule has 2 aliphatic rings. The summed E-state index contributed by atoms with van der Waals surface area (Å²) in [4.78, 5) is 35.1. The van der Waals surface area contributed by atoms with Gasteiger partial charge in [-0.15, -0.1) is 0 Å². The maximum absolute atomic E-state index is 12.5. The SMILES string of the molecule is NC(=O)N1CCC2(CC1)CN(C(=O)c1cnccn1)CCO2. The fraction of sp³-hybridized carbons (Fsp3) is 0.571. The van der Waals surface area contributed by atoms with Crippen LogP contribution in [0.4, 0.5) is 4.79 Å². The van der Waals surface area contributed by atoms with Crippen molar-refractivity contribution in [1.82, 2.24) is 19.8 Å². The highest BCUT2D eigenvalue weighted by Gasteiger charge is 2.41. The van der Waals surface area contributed by atoms with Crippen LogP contribution in [-0.2, 0) is 4.74 Å². The molecule has 1 aromatic rings. The average Bonchev–Trinajstić information content (AvgIpc) is 2.55. The Labute approximate surface area is 128 Å². The molecule has 0 bridgehead atoms. The second-order valence-electron chi connectivity index (χ2n) is 5.67. The standard InChI is InChI=1S/C14H19N5O3/c15-13(21)18-5-1-14(2-6-18)10-19(7-8-22-14)12(20)11-9-16-3-4-17-11/h3-4,9H,1-2,5-8,10H2,(H2,15,21). The molecule has 2 aliphatic heterocycles. The van der Waals surface area contributed by atoms with Gasteiger partial charge in [0.1, 0.15) is 5.69 Å². The molecule has 22 heavy (non-hydrogen) atoms. The van der Waals surface area contributed by atoms with Gasteiger partial charge in [0.15, 0.2) is 0 Å². The fourth-order valence-electron chi connectivity index (χ4n) is 3.03. The van der Waals surface area contributed by atoms with Crippen molar-refractivity contribution in [2.45, 2.75) is 18.4 Å². The van der Waals surface area contributed by atoms with Crippen molar-refractivity contribution in [3.63, 3.8) is 0 Å². The lowest BCUT2D eigenvalue weighted by Crippen LogP contribution is -2.59. The molecule has 0 aliphatic carbocycles. The summed E-state index contributed by atoms with van der Waals surface area (Å²) in [5.41, 5.74) is 5.26. The van der Waals surface area contributed by atoms with E-state index in [1.807, 2.05) is 0 Å². The fourth-order valence-corrected chi connectivity index (χ4v) is 3.03. The summed E-state index contributed by atoms with van der Waals surface area (Å²) >= 11 is 0. The van der Waals surface area contributed by atoms with Gasteiger partial charge in [-0.3, -0.25) is 9.78 Å². The van der Waals surface area contributed by atoms with Crippen molar-refractivity contribution in [3.05, 3.63) is 24.3 Å². The number of aromatic nitrogens is 2. The van der Waals surface area contributed by atoms with Crippen LogP contribution in [0, 0.1) is 0 Å². The van der Waals surface area contributed by atoms with Crippen LogP contribution >= 0.6 is 0 Å². The third-order valence-corrected chi connectivity index (χ3v) is 4.30. The van der Waals surface area contributed by atoms with Gasteiger partial charge in [-0.1, -0.05) is 0 Å². The summed E-state index contributed by atoms with van der Waals surface area (Å²) in [6.07, 6.45) is 5.88. The Balaban J connectivity index is 1.67. The Kier molecular flexibility index (Phi) is 3.93. The molecule has 1 aromatic heterocycles. The van der Waals surface area contributed by atoms with E-state index >= 15 is 0 Å². The van der Waals surface area contributed by atoms with Crippen molar-refractivity contribution in [2.24, 2.45) is 5.73 Å². The van der Waals surface area contributed by atoms with Gasteiger partial charge in [0, 0.05) is 32.0 Å². The highest BCUT2D eigenvalue weighted by molar-refractivity contribution is 5.92. The number of nitrogens with two attached hydrogens (primary N) is 1. The van der Waals surface area contributed by atoms with E-state index in [4.69, 9.17) is 10.5 Å². The van der Waals surface area contributed by atoms with E-state index in [1.165, 1.54) is 18.6 Å². The third kappa shape index (κ3) is 2.87. The van der Waals surface area contributed by atoms with Crippen LogP contribution in [0.25, 0.3) is 0 Å². The molecule has 8 nitrogen and oxygen atoms in total. The molecule has 0 unspecified atom stereocenters. The van der Waals surface area contributed by atoms with Crippen LogP contribution < -0.4 is 5.73 Å². The summed E-state index contributed by atoms with van der Waals surface area (Å²) in [6.45, 7) is 2.65. The van der Waals surface area contributed by atoms with Gasteiger partial charge in [0.25, 0.3) is 5.91 Å². The summed E-state index contributed by atoms with van der Waals surface area (Å²) in [5, 5.41) is 0. The van der Waals surface area contributed by atoms with Crippen LogP contribution in [0.3, 0.4) is 0 Å². The number of hydrogen-bond donors (Lipinski definition) is 1. The minimum Gasteiger partial charge on any atom is -0.371 e. The molecule has 0 atom stereocenters. The molecule has 118 valence electrons. The van der Waals surface area contributed by atoms with Crippen molar-refractivity contribution in [2.75, 3.05) is 32.8 Å². The van der Waals surface area contributed by atoms with Gasteiger partial charge in [-0.2, -0.15) is 0 Å². The highest BCUT2D eigenvalue weighted by atomic mass is 16.5. The highest BCUT2D eigenvalue weighted by Crippen LogP contribution is 2.30. The summed E-state index contributed by atoms with van der Waals surface area (Å²) in [5.74, 6) is -0.131. The quantitative estimate of drug-likeness (QED) is 0.778. The van der Waals surface area contributed by atoms with E-state index in [1.54, 1.807) is 9.80 Å². The molecule has 3 rings (SSSR count). The molecule has 2 saturated heterocycles. The zero-order chi connectivity index (χ0) is 15.6. The van der Waals surface area contributed by atoms with Crippen molar-refractivity contribution < 1.29 is 14.3 Å². The number of urea groups is 1. The van der Waals surface area contributed by atoms with Gasteiger partial charge in [-0.05, 0) is 12.8 Å². The van der Waals surface area contributed by atoms with Gasteiger partial charge in [-0.25, -0.2) is 9.78 Å². The lowest BCUT2D eigenvalue weighted by molar-refractivity contribution is -0.123. The van der Waals surface area contributed by atoms with E-state index < -0.39 is 6.03 Å². The number of amides is 3. The van der Waals surface area contributed by atoms with Crippen molar-refractivity contribution in [3.8, 4) is 0 Å². The molecule has 0 aromatic carbocycles. The zero-order valence-corrected chi connectivity index (χ0v) is 12.3. The number of nitrogens with zero attached hydrogens (tertiary/aromatic N) is 4. The van der Waals surface area contributed by atoms with E-state index in [9.17, 15) is 9.59 Å². The Morgan fingerprint density at radius 1 is 1.18 bits per heavy atom. The normalized spacial score (nSPS) is 20.9. The number of likely N-dealkylation sites (tertiary alicyclic amines) is 1. The predicted molar refractivity (Wildman–Crippen MR) is 77.0 cm³/mol. The van der Waals surface area contributed by atoms with E-state index in [0.717, 1.165) is 0 Å². The number of primary amides is 1. The number of rotatable bonds is 1.